The summed E-state index contributed by atoms with van der Waals surface area (Å²) in [7, 11) is -1.12. The molecule has 0 bridgehead atoms. The van der Waals surface area contributed by atoms with Crippen LogP contribution >= 0.6 is 0 Å². The molecular formula is C16H24O3S. The Morgan fingerprint density at radius 1 is 1.35 bits per heavy atom. The summed E-state index contributed by atoms with van der Waals surface area (Å²) in [5, 5.41) is 9.12. The Morgan fingerprint density at radius 2 is 2.05 bits per heavy atom. The fourth-order valence-corrected chi connectivity index (χ4v) is 3.67. The second-order valence-corrected chi connectivity index (χ2v) is 6.71. The number of carbonyl (C=O) groups is 1. The van der Waals surface area contributed by atoms with Crippen LogP contribution in [0.15, 0.2) is 23.1 Å². The molecule has 0 radical (unpaired) electrons. The van der Waals surface area contributed by atoms with Gasteiger partial charge in [-0.3, -0.25) is 4.21 Å². The number of rotatable bonds is 8. The van der Waals surface area contributed by atoms with Crippen molar-refractivity contribution in [3.8, 4) is 0 Å². The predicted octanol–water partition coefficient (Wildman–Crippen LogP) is 4.02. The summed E-state index contributed by atoms with van der Waals surface area (Å²) in [5.41, 5.74) is 0.953. The fraction of sp³-hybridized carbons (Fsp3) is 0.562. The Bertz CT molecular complexity index is 483. The van der Waals surface area contributed by atoms with Crippen molar-refractivity contribution in [3.05, 3.63) is 29.3 Å². The molecule has 1 aromatic rings. The number of hydrogen-bond acceptors (Lipinski definition) is 2. The minimum Gasteiger partial charge on any atom is -0.478 e. The molecule has 0 spiro atoms. The summed E-state index contributed by atoms with van der Waals surface area (Å²) in [6.07, 6.45) is 4.42. The second-order valence-electron chi connectivity index (χ2n) is 5.21. The summed E-state index contributed by atoms with van der Waals surface area (Å²) in [6.45, 7) is 6.03. The Labute approximate surface area is 123 Å². The normalized spacial score (nSPS) is 13.9. The predicted molar refractivity (Wildman–Crippen MR) is 82.7 cm³/mol. The maximum Gasteiger partial charge on any atom is 0.335 e. The molecule has 0 fully saturated rings. The molecule has 112 valence electrons. The van der Waals surface area contributed by atoms with Gasteiger partial charge < -0.3 is 5.11 Å². The van der Waals surface area contributed by atoms with Gasteiger partial charge >= 0.3 is 5.97 Å². The van der Waals surface area contributed by atoms with Crippen molar-refractivity contribution in [1.82, 2.24) is 0 Å². The lowest BCUT2D eigenvalue weighted by molar-refractivity contribution is 0.0696. The van der Waals surface area contributed by atoms with Crippen molar-refractivity contribution >= 4 is 16.8 Å². The highest BCUT2D eigenvalue weighted by atomic mass is 32.2. The van der Waals surface area contributed by atoms with E-state index in [-0.39, 0.29) is 5.56 Å². The monoisotopic (exact) mass is 296 g/mol. The van der Waals surface area contributed by atoms with Crippen molar-refractivity contribution < 1.29 is 14.1 Å². The molecule has 0 aliphatic rings. The Hall–Kier alpha value is -1.16. The standard InChI is InChI=1S/C16H24O3S/c1-4-6-7-13(5-2)11-20(19)14-9-8-12(3)15(10-14)16(17)18/h8-10,13H,4-7,11H2,1-3H3,(H,17,18). The van der Waals surface area contributed by atoms with Crippen LogP contribution in [0.25, 0.3) is 0 Å². The van der Waals surface area contributed by atoms with Crippen LogP contribution in [0.2, 0.25) is 0 Å². The zero-order chi connectivity index (χ0) is 15.1. The third-order valence-corrected chi connectivity index (χ3v) is 5.19. The topological polar surface area (TPSA) is 54.4 Å². The van der Waals surface area contributed by atoms with Crippen molar-refractivity contribution in [2.45, 2.75) is 51.3 Å². The van der Waals surface area contributed by atoms with Gasteiger partial charge in [0.05, 0.1) is 16.4 Å². The van der Waals surface area contributed by atoms with E-state index in [0.717, 1.165) is 25.7 Å². The average molecular weight is 296 g/mol. The van der Waals surface area contributed by atoms with Gasteiger partial charge in [0, 0.05) is 10.6 Å². The fourth-order valence-electron chi connectivity index (χ4n) is 2.18. The number of benzene rings is 1. The summed E-state index contributed by atoms with van der Waals surface area (Å²) < 4.78 is 12.4. The number of aryl methyl sites for hydroxylation is 1. The van der Waals surface area contributed by atoms with Crippen LogP contribution in [0, 0.1) is 12.8 Å². The summed E-state index contributed by atoms with van der Waals surface area (Å²) in [5.74, 6) is 0.114. The minimum atomic E-state index is -1.12. The minimum absolute atomic E-state index is 0.248. The summed E-state index contributed by atoms with van der Waals surface area (Å²) in [4.78, 5) is 11.7. The van der Waals surface area contributed by atoms with Gasteiger partial charge in [0.25, 0.3) is 0 Å². The zero-order valence-electron chi connectivity index (χ0n) is 12.5. The van der Waals surface area contributed by atoms with E-state index < -0.39 is 16.8 Å². The van der Waals surface area contributed by atoms with Gasteiger partial charge in [-0.25, -0.2) is 4.79 Å². The van der Waals surface area contributed by atoms with E-state index in [1.807, 2.05) is 0 Å². The van der Waals surface area contributed by atoms with E-state index in [1.54, 1.807) is 25.1 Å². The molecule has 0 amide bonds. The average Bonchev–Trinajstić information content (AvgIpc) is 2.43. The third-order valence-electron chi connectivity index (χ3n) is 3.63. The summed E-state index contributed by atoms with van der Waals surface area (Å²) in [6, 6.07) is 5.08. The van der Waals surface area contributed by atoms with E-state index in [1.165, 1.54) is 0 Å². The SMILES string of the molecule is CCCCC(CC)CS(=O)c1ccc(C)c(C(=O)O)c1. The van der Waals surface area contributed by atoms with Gasteiger partial charge in [0.15, 0.2) is 0 Å². The molecule has 20 heavy (non-hydrogen) atoms. The third kappa shape index (κ3) is 4.75. The van der Waals surface area contributed by atoms with Crippen molar-refractivity contribution in [2.24, 2.45) is 5.92 Å². The first-order valence-corrected chi connectivity index (χ1v) is 8.53. The smallest absolute Gasteiger partial charge is 0.335 e. The van der Waals surface area contributed by atoms with E-state index >= 15 is 0 Å². The first kappa shape index (κ1) is 16.9. The molecule has 2 unspecified atom stereocenters. The molecule has 0 aliphatic heterocycles. The van der Waals surface area contributed by atoms with E-state index in [9.17, 15) is 9.00 Å². The largest absolute Gasteiger partial charge is 0.478 e. The number of unbranched alkanes of at least 4 members (excludes halogenated alkanes) is 1. The maximum atomic E-state index is 12.4. The van der Waals surface area contributed by atoms with Gasteiger partial charge in [0.2, 0.25) is 0 Å². The second kappa shape index (κ2) is 8.20. The van der Waals surface area contributed by atoms with Crippen LogP contribution < -0.4 is 0 Å². The molecule has 1 N–H and O–H groups in total. The molecule has 0 saturated carbocycles. The molecule has 1 rings (SSSR count). The quantitative estimate of drug-likeness (QED) is 0.788. The highest BCUT2D eigenvalue weighted by molar-refractivity contribution is 7.85. The van der Waals surface area contributed by atoms with Crippen LogP contribution in [0.4, 0.5) is 0 Å². The molecular weight excluding hydrogens is 272 g/mol. The van der Waals surface area contributed by atoms with Gasteiger partial charge in [-0.2, -0.15) is 0 Å². The number of hydrogen-bond donors (Lipinski definition) is 1. The highest BCUT2D eigenvalue weighted by Gasteiger charge is 2.15. The summed E-state index contributed by atoms with van der Waals surface area (Å²) >= 11 is 0. The highest BCUT2D eigenvalue weighted by Crippen LogP contribution is 2.20. The molecule has 0 aromatic heterocycles. The molecule has 0 saturated heterocycles. The van der Waals surface area contributed by atoms with Gasteiger partial charge in [-0.05, 0) is 37.0 Å². The lowest BCUT2D eigenvalue weighted by Crippen LogP contribution is -2.11. The van der Waals surface area contributed by atoms with Crippen LogP contribution in [0.1, 0.15) is 55.5 Å². The van der Waals surface area contributed by atoms with E-state index in [4.69, 9.17) is 5.11 Å². The molecule has 0 heterocycles. The van der Waals surface area contributed by atoms with Crippen molar-refractivity contribution in [3.63, 3.8) is 0 Å². The van der Waals surface area contributed by atoms with Gasteiger partial charge in [0.1, 0.15) is 0 Å². The van der Waals surface area contributed by atoms with Crippen LogP contribution in [0.3, 0.4) is 0 Å². The van der Waals surface area contributed by atoms with Crippen LogP contribution in [-0.4, -0.2) is 21.0 Å². The molecule has 4 heteroatoms. The lowest BCUT2D eigenvalue weighted by Gasteiger charge is -2.14. The van der Waals surface area contributed by atoms with Crippen molar-refractivity contribution in [2.75, 3.05) is 5.75 Å². The number of aromatic carboxylic acids is 1. The zero-order valence-corrected chi connectivity index (χ0v) is 13.3. The molecule has 2 atom stereocenters. The number of carboxylic acid groups (broad SMARTS) is 1. The first-order valence-electron chi connectivity index (χ1n) is 7.21. The maximum absolute atomic E-state index is 12.4. The molecule has 3 nitrogen and oxygen atoms in total. The Morgan fingerprint density at radius 3 is 2.60 bits per heavy atom. The van der Waals surface area contributed by atoms with E-state index in [2.05, 4.69) is 13.8 Å². The lowest BCUT2D eigenvalue weighted by atomic mass is 10.0. The van der Waals surface area contributed by atoms with Crippen LogP contribution in [-0.2, 0) is 10.8 Å². The Kier molecular flexibility index (Phi) is 6.93. The number of carboxylic acids is 1. The molecule has 1 aromatic carbocycles. The molecule has 0 aliphatic carbocycles. The van der Waals surface area contributed by atoms with Gasteiger partial charge in [-0.15, -0.1) is 0 Å². The van der Waals surface area contributed by atoms with Gasteiger partial charge in [-0.1, -0.05) is 39.2 Å². The van der Waals surface area contributed by atoms with Crippen LogP contribution in [0.5, 0.6) is 0 Å². The Balaban J connectivity index is 2.81. The van der Waals surface area contributed by atoms with E-state index in [0.29, 0.717) is 22.1 Å². The first-order chi connectivity index (χ1) is 9.49. The van der Waals surface area contributed by atoms with Crippen molar-refractivity contribution in [1.29, 1.82) is 0 Å².